The van der Waals surface area contributed by atoms with E-state index in [-0.39, 0.29) is 29.4 Å². The second-order valence-electron chi connectivity index (χ2n) is 6.27. The van der Waals surface area contributed by atoms with Gasteiger partial charge in [-0.05, 0) is 26.1 Å². The number of halogens is 1. The van der Waals surface area contributed by atoms with Crippen molar-refractivity contribution in [2.45, 2.75) is 33.1 Å². The summed E-state index contributed by atoms with van der Waals surface area (Å²) in [6.07, 6.45) is 0. The molecule has 0 amide bonds. The van der Waals surface area contributed by atoms with E-state index in [1.807, 2.05) is 0 Å². The molecule has 4 nitrogen and oxygen atoms in total. The van der Waals surface area contributed by atoms with Gasteiger partial charge >= 0.3 is 0 Å². The quantitative estimate of drug-likeness (QED) is 0.377. The number of nitrogens with one attached hydrogen (secondary N) is 2. The van der Waals surface area contributed by atoms with E-state index in [0.29, 0.717) is 0 Å². The van der Waals surface area contributed by atoms with Crippen LogP contribution >= 0.6 is 24.0 Å². The van der Waals surface area contributed by atoms with Crippen molar-refractivity contribution in [1.82, 2.24) is 15.5 Å². The molecule has 0 aliphatic carbocycles. The lowest BCUT2D eigenvalue weighted by Crippen LogP contribution is -2.41. The molecular weight excluding hydrogens is 399 g/mol. The minimum absolute atomic E-state index is 0. The number of aliphatic imine (C=N–C) groups is 1. The summed E-state index contributed by atoms with van der Waals surface area (Å²) in [5, 5.41) is 6.73. The maximum Gasteiger partial charge on any atom is 0.191 e. The average Bonchev–Trinajstić information content (AvgIpc) is 2.53. The summed E-state index contributed by atoms with van der Waals surface area (Å²) >= 11 is 0. The fourth-order valence-electron chi connectivity index (χ4n) is 2.12. The normalized spacial score (nSPS) is 12.0. The molecule has 23 heavy (non-hydrogen) atoms. The topological polar surface area (TPSA) is 39.7 Å². The third-order valence-electron chi connectivity index (χ3n) is 3.86. The molecule has 0 unspecified atom stereocenters. The lowest BCUT2D eigenvalue weighted by atomic mass is 9.85. The Bertz CT molecular complexity index is 446. The van der Waals surface area contributed by atoms with Crippen molar-refractivity contribution < 1.29 is 0 Å². The SMILES string of the molecule is CCNC(=NCC(C)(C)c1ccccc1)NCCN(C)CC.I. The molecule has 0 atom stereocenters. The molecule has 1 rings (SSSR count). The van der Waals surface area contributed by atoms with Crippen molar-refractivity contribution in [2.24, 2.45) is 4.99 Å². The van der Waals surface area contributed by atoms with Crippen LogP contribution in [0.15, 0.2) is 35.3 Å². The molecule has 0 radical (unpaired) electrons. The zero-order valence-corrected chi connectivity index (χ0v) is 17.6. The van der Waals surface area contributed by atoms with Crippen molar-refractivity contribution in [3.8, 4) is 0 Å². The van der Waals surface area contributed by atoms with Gasteiger partial charge in [0.25, 0.3) is 0 Å². The maximum absolute atomic E-state index is 4.76. The van der Waals surface area contributed by atoms with Gasteiger partial charge in [0.2, 0.25) is 0 Å². The average molecular weight is 432 g/mol. The molecule has 5 heteroatoms. The number of nitrogens with zero attached hydrogens (tertiary/aromatic N) is 2. The van der Waals surface area contributed by atoms with Crippen LogP contribution in [-0.2, 0) is 5.41 Å². The van der Waals surface area contributed by atoms with Crippen LogP contribution in [0.2, 0.25) is 0 Å². The van der Waals surface area contributed by atoms with Gasteiger partial charge in [-0.3, -0.25) is 4.99 Å². The first-order valence-corrected chi connectivity index (χ1v) is 8.26. The number of hydrogen-bond acceptors (Lipinski definition) is 2. The second kappa shape index (κ2) is 11.7. The lowest BCUT2D eigenvalue weighted by molar-refractivity contribution is 0.357. The number of likely N-dealkylation sites (N-methyl/N-ethyl adjacent to an activating group) is 1. The van der Waals surface area contributed by atoms with E-state index in [1.165, 1.54) is 5.56 Å². The fourth-order valence-corrected chi connectivity index (χ4v) is 2.12. The minimum Gasteiger partial charge on any atom is -0.357 e. The molecule has 0 aromatic heterocycles. The maximum atomic E-state index is 4.76. The first-order chi connectivity index (χ1) is 10.5. The lowest BCUT2D eigenvalue weighted by Gasteiger charge is -2.24. The Morgan fingerprint density at radius 1 is 1.13 bits per heavy atom. The third kappa shape index (κ3) is 8.55. The third-order valence-corrected chi connectivity index (χ3v) is 3.86. The summed E-state index contributed by atoms with van der Waals surface area (Å²) in [6.45, 7) is 13.4. The number of guanidine groups is 1. The smallest absolute Gasteiger partial charge is 0.191 e. The Hall–Kier alpha value is -0.820. The van der Waals surface area contributed by atoms with E-state index in [2.05, 4.69) is 80.6 Å². The van der Waals surface area contributed by atoms with Gasteiger partial charge in [0.05, 0.1) is 6.54 Å². The zero-order chi connectivity index (χ0) is 16.4. The Morgan fingerprint density at radius 3 is 2.35 bits per heavy atom. The molecule has 1 aromatic rings. The van der Waals surface area contributed by atoms with Gasteiger partial charge in [-0.15, -0.1) is 24.0 Å². The molecule has 0 aliphatic heterocycles. The van der Waals surface area contributed by atoms with E-state index in [9.17, 15) is 0 Å². The van der Waals surface area contributed by atoms with Crippen molar-refractivity contribution in [2.75, 3.05) is 39.8 Å². The van der Waals surface area contributed by atoms with Crippen LogP contribution in [-0.4, -0.2) is 50.6 Å². The summed E-state index contributed by atoms with van der Waals surface area (Å²) in [6, 6.07) is 10.6. The van der Waals surface area contributed by atoms with Crippen LogP contribution in [0.4, 0.5) is 0 Å². The van der Waals surface area contributed by atoms with Crippen molar-refractivity contribution in [3.05, 3.63) is 35.9 Å². The first-order valence-electron chi connectivity index (χ1n) is 8.26. The van der Waals surface area contributed by atoms with Gasteiger partial charge in [-0.25, -0.2) is 0 Å². The predicted molar refractivity (Wildman–Crippen MR) is 112 cm³/mol. The molecule has 0 spiro atoms. The Balaban J connectivity index is 0.00000484. The number of rotatable bonds is 8. The fraction of sp³-hybridized carbons (Fsp3) is 0.611. The zero-order valence-electron chi connectivity index (χ0n) is 15.2. The van der Waals surface area contributed by atoms with Gasteiger partial charge in [0.15, 0.2) is 5.96 Å². The van der Waals surface area contributed by atoms with E-state index in [1.54, 1.807) is 0 Å². The van der Waals surface area contributed by atoms with Crippen molar-refractivity contribution >= 4 is 29.9 Å². The number of benzene rings is 1. The monoisotopic (exact) mass is 432 g/mol. The van der Waals surface area contributed by atoms with Crippen molar-refractivity contribution in [3.63, 3.8) is 0 Å². The van der Waals surface area contributed by atoms with E-state index in [0.717, 1.165) is 38.7 Å². The summed E-state index contributed by atoms with van der Waals surface area (Å²) in [4.78, 5) is 7.04. The van der Waals surface area contributed by atoms with Gasteiger partial charge < -0.3 is 15.5 Å². The minimum atomic E-state index is 0. The highest BCUT2D eigenvalue weighted by Crippen LogP contribution is 2.22. The predicted octanol–water partition coefficient (Wildman–Crippen LogP) is 3.09. The molecule has 0 aliphatic rings. The molecule has 0 fully saturated rings. The molecule has 0 saturated heterocycles. The summed E-state index contributed by atoms with van der Waals surface area (Å²) in [5.74, 6) is 0.899. The van der Waals surface area contributed by atoms with Crippen LogP contribution in [0.25, 0.3) is 0 Å². The van der Waals surface area contributed by atoms with Crippen LogP contribution in [0.3, 0.4) is 0 Å². The van der Waals surface area contributed by atoms with Crippen molar-refractivity contribution in [1.29, 1.82) is 0 Å². The van der Waals surface area contributed by atoms with E-state index < -0.39 is 0 Å². The Morgan fingerprint density at radius 2 is 1.78 bits per heavy atom. The highest BCUT2D eigenvalue weighted by molar-refractivity contribution is 14.0. The van der Waals surface area contributed by atoms with E-state index >= 15 is 0 Å². The van der Waals surface area contributed by atoms with Gasteiger partial charge in [0.1, 0.15) is 0 Å². The molecule has 132 valence electrons. The highest BCUT2D eigenvalue weighted by Gasteiger charge is 2.19. The van der Waals surface area contributed by atoms with Crippen LogP contribution in [0.5, 0.6) is 0 Å². The van der Waals surface area contributed by atoms with Gasteiger partial charge in [-0.1, -0.05) is 51.1 Å². The van der Waals surface area contributed by atoms with Gasteiger partial charge in [-0.2, -0.15) is 0 Å². The Kier molecular flexibility index (Phi) is 11.3. The first kappa shape index (κ1) is 22.2. The molecule has 0 saturated carbocycles. The van der Waals surface area contributed by atoms with E-state index in [4.69, 9.17) is 4.99 Å². The van der Waals surface area contributed by atoms with Crippen LogP contribution in [0.1, 0.15) is 33.3 Å². The molecule has 0 heterocycles. The number of hydrogen-bond donors (Lipinski definition) is 2. The second-order valence-corrected chi connectivity index (χ2v) is 6.27. The van der Waals surface area contributed by atoms with Gasteiger partial charge in [0, 0.05) is 25.0 Å². The summed E-state index contributed by atoms with van der Waals surface area (Å²) in [7, 11) is 2.13. The summed E-state index contributed by atoms with van der Waals surface area (Å²) in [5.41, 5.74) is 1.35. The molecule has 0 bridgehead atoms. The molecule has 1 aromatic carbocycles. The largest absolute Gasteiger partial charge is 0.357 e. The molecular formula is C18H33IN4. The molecule has 2 N–H and O–H groups in total. The summed E-state index contributed by atoms with van der Waals surface area (Å²) < 4.78 is 0. The Labute approximate surface area is 159 Å². The standard InChI is InChI=1S/C18H32N4.HI/c1-6-19-17(20-13-14-22(5)7-2)21-15-18(3,4)16-11-9-8-10-12-16;/h8-12H,6-7,13-15H2,1-5H3,(H2,19,20,21);1H. The van der Waals surface area contributed by atoms with Crippen LogP contribution in [0, 0.1) is 0 Å². The highest BCUT2D eigenvalue weighted by atomic mass is 127. The van der Waals surface area contributed by atoms with Crippen LogP contribution < -0.4 is 10.6 Å².